The maximum atomic E-state index is 11.4. The summed E-state index contributed by atoms with van der Waals surface area (Å²) in [5.41, 5.74) is 2.16. The Balaban J connectivity index is 0.00000200. The second-order valence-electron chi connectivity index (χ2n) is 4.48. The first-order chi connectivity index (χ1) is 9.31. The molecular weight excluding hydrogens is 311 g/mol. The maximum absolute atomic E-state index is 11.4. The van der Waals surface area contributed by atoms with Crippen molar-refractivity contribution in [1.29, 1.82) is 0 Å². The molecule has 118 valence electrons. The fourth-order valence-corrected chi connectivity index (χ4v) is 1.99. The Hall–Kier alpha value is -1.30. The van der Waals surface area contributed by atoms with Gasteiger partial charge in [-0.05, 0) is 25.6 Å². The van der Waals surface area contributed by atoms with Gasteiger partial charge in [-0.2, -0.15) is 0 Å². The van der Waals surface area contributed by atoms with Gasteiger partial charge in [0.15, 0.2) is 0 Å². The molecule has 0 saturated carbocycles. The maximum Gasteiger partial charge on any atom is 0.221 e. The molecule has 0 aliphatic heterocycles. The number of hydrogen-bond acceptors (Lipinski definition) is 3. The van der Waals surface area contributed by atoms with Crippen LogP contribution in [0.3, 0.4) is 0 Å². The van der Waals surface area contributed by atoms with Crippen molar-refractivity contribution in [3.63, 3.8) is 0 Å². The molecule has 0 aliphatic rings. The highest BCUT2D eigenvalue weighted by Crippen LogP contribution is 2.11. The van der Waals surface area contributed by atoms with E-state index in [1.807, 2.05) is 31.6 Å². The lowest BCUT2D eigenvalue weighted by molar-refractivity contribution is -0.120. The number of nitrogens with one attached hydrogen (secondary N) is 2. The Morgan fingerprint density at radius 1 is 1.24 bits per heavy atom. The molecule has 1 aromatic heterocycles. The van der Waals surface area contributed by atoms with Crippen molar-refractivity contribution < 1.29 is 4.79 Å². The number of rotatable bonds is 7. The Kier molecular flexibility index (Phi) is 9.78. The number of para-hydroxylation sites is 2. The number of nitrogens with zero attached hydrogens (tertiary/aromatic N) is 2. The molecule has 0 spiro atoms. The third-order valence-corrected chi connectivity index (χ3v) is 3.03. The first-order valence-electron chi connectivity index (χ1n) is 6.62. The number of hydrogen-bond donors (Lipinski definition) is 2. The van der Waals surface area contributed by atoms with Crippen LogP contribution in [0.2, 0.25) is 0 Å². The van der Waals surface area contributed by atoms with Gasteiger partial charge in [-0.15, -0.1) is 24.8 Å². The van der Waals surface area contributed by atoms with Gasteiger partial charge in [0, 0.05) is 26.1 Å². The zero-order chi connectivity index (χ0) is 13.5. The number of imidazole rings is 1. The van der Waals surface area contributed by atoms with E-state index >= 15 is 0 Å². The molecule has 0 bridgehead atoms. The zero-order valence-corrected chi connectivity index (χ0v) is 13.7. The first-order valence-corrected chi connectivity index (χ1v) is 6.62. The van der Waals surface area contributed by atoms with Crippen molar-refractivity contribution >= 4 is 41.8 Å². The largest absolute Gasteiger partial charge is 0.356 e. The second-order valence-corrected chi connectivity index (χ2v) is 4.48. The predicted octanol–water partition coefficient (Wildman–Crippen LogP) is 2.00. The minimum absolute atomic E-state index is 0. The summed E-state index contributed by atoms with van der Waals surface area (Å²) in [6.07, 6.45) is 3.30. The minimum atomic E-state index is 0. The molecule has 1 heterocycles. The smallest absolute Gasteiger partial charge is 0.221 e. The molecule has 0 aliphatic carbocycles. The summed E-state index contributed by atoms with van der Waals surface area (Å²) in [5.74, 6) is 0.102. The summed E-state index contributed by atoms with van der Waals surface area (Å²) in [6.45, 7) is 2.29. The summed E-state index contributed by atoms with van der Waals surface area (Å²) >= 11 is 0. The number of fused-ring (bicyclic) bond motifs is 1. The van der Waals surface area contributed by atoms with Gasteiger partial charge in [-0.25, -0.2) is 4.98 Å². The van der Waals surface area contributed by atoms with Gasteiger partial charge >= 0.3 is 0 Å². The average Bonchev–Trinajstić information content (AvgIpc) is 2.85. The Labute approximate surface area is 137 Å². The molecule has 2 aromatic rings. The number of halogens is 2. The quantitative estimate of drug-likeness (QED) is 0.762. The molecule has 0 fully saturated rings. The van der Waals surface area contributed by atoms with Gasteiger partial charge < -0.3 is 15.2 Å². The number of aryl methyl sites for hydroxylation is 1. The highest BCUT2D eigenvalue weighted by molar-refractivity contribution is 5.85. The molecule has 2 N–H and O–H groups in total. The fraction of sp³-hybridized carbons (Fsp3) is 0.429. The normalized spacial score (nSPS) is 9.76. The number of carbonyl (C=O) groups excluding carboxylic acids is 1. The SMILES string of the molecule is CNCCC(=O)NCCCn1cnc2ccccc21.Cl.Cl. The van der Waals surface area contributed by atoms with Crippen molar-refractivity contribution in [1.82, 2.24) is 20.2 Å². The van der Waals surface area contributed by atoms with Crippen LogP contribution in [-0.4, -0.2) is 35.6 Å². The number of benzene rings is 1. The third kappa shape index (κ3) is 5.91. The molecule has 0 unspecified atom stereocenters. The number of carbonyl (C=O) groups is 1. The van der Waals surface area contributed by atoms with Crippen molar-refractivity contribution in [2.45, 2.75) is 19.4 Å². The minimum Gasteiger partial charge on any atom is -0.356 e. The topological polar surface area (TPSA) is 59.0 Å². The van der Waals surface area contributed by atoms with Gasteiger partial charge in [0.25, 0.3) is 0 Å². The van der Waals surface area contributed by atoms with Crippen LogP contribution in [0.1, 0.15) is 12.8 Å². The summed E-state index contributed by atoms with van der Waals surface area (Å²) < 4.78 is 2.12. The molecule has 0 saturated heterocycles. The predicted molar refractivity (Wildman–Crippen MR) is 90.4 cm³/mol. The standard InChI is InChI=1S/C14H20N4O.2ClH/c1-15-9-7-14(19)16-8-4-10-18-11-17-12-5-2-3-6-13(12)18;;/h2-3,5-6,11,15H,4,7-10H2,1H3,(H,16,19);2*1H. The van der Waals surface area contributed by atoms with Crippen molar-refractivity contribution in [2.24, 2.45) is 0 Å². The zero-order valence-electron chi connectivity index (χ0n) is 12.0. The summed E-state index contributed by atoms with van der Waals surface area (Å²) in [5, 5.41) is 5.87. The molecule has 1 amide bonds. The van der Waals surface area contributed by atoms with Gasteiger partial charge in [-0.1, -0.05) is 12.1 Å². The summed E-state index contributed by atoms with van der Waals surface area (Å²) in [4.78, 5) is 15.7. The van der Waals surface area contributed by atoms with E-state index in [-0.39, 0.29) is 30.7 Å². The summed E-state index contributed by atoms with van der Waals surface area (Å²) in [7, 11) is 1.84. The van der Waals surface area contributed by atoms with E-state index in [4.69, 9.17) is 0 Å². The van der Waals surface area contributed by atoms with Crippen LogP contribution < -0.4 is 10.6 Å². The second kappa shape index (κ2) is 10.4. The van der Waals surface area contributed by atoms with E-state index in [1.165, 1.54) is 0 Å². The molecule has 7 heteroatoms. The molecule has 5 nitrogen and oxygen atoms in total. The van der Waals surface area contributed by atoms with E-state index in [9.17, 15) is 4.79 Å². The Morgan fingerprint density at radius 3 is 2.76 bits per heavy atom. The van der Waals surface area contributed by atoms with Crippen molar-refractivity contribution in [2.75, 3.05) is 20.1 Å². The van der Waals surface area contributed by atoms with Crippen LogP contribution in [-0.2, 0) is 11.3 Å². The van der Waals surface area contributed by atoms with E-state index < -0.39 is 0 Å². The van der Waals surface area contributed by atoms with Crippen LogP contribution in [0.5, 0.6) is 0 Å². The van der Waals surface area contributed by atoms with Gasteiger partial charge in [0.05, 0.1) is 17.4 Å². The number of aromatic nitrogens is 2. The third-order valence-electron chi connectivity index (χ3n) is 3.03. The lowest BCUT2D eigenvalue weighted by Crippen LogP contribution is -2.27. The lowest BCUT2D eigenvalue weighted by Gasteiger charge is -2.06. The summed E-state index contributed by atoms with van der Waals surface area (Å²) in [6, 6.07) is 8.07. The fourth-order valence-electron chi connectivity index (χ4n) is 1.99. The Bertz CT molecular complexity index is 545. The first kappa shape index (κ1) is 19.7. The van der Waals surface area contributed by atoms with Gasteiger partial charge in [0.1, 0.15) is 0 Å². The van der Waals surface area contributed by atoms with Crippen LogP contribution in [0.4, 0.5) is 0 Å². The van der Waals surface area contributed by atoms with Crippen LogP contribution in [0.25, 0.3) is 11.0 Å². The van der Waals surface area contributed by atoms with Crippen LogP contribution >= 0.6 is 24.8 Å². The molecular formula is C14H22Cl2N4O. The van der Waals surface area contributed by atoms with Crippen LogP contribution in [0.15, 0.2) is 30.6 Å². The van der Waals surface area contributed by atoms with Crippen LogP contribution in [0, 0.1) is 0 Å². The lowest BCUT2D eigenvalue weighted by atomic mass is 10.3. The van der Waals surface area contributed by atoms with E-state index in [0.717, 1.165) is 30.5 Å². The van der Waals surface area contributed by atoms with E-state index in [0.29, 0.717) is 13.0 Å². The van der Waals surface area contributed by atoms with E-state index in [2.05, 4.69) is 26.3 Å². The number of amides is 1. The monoisotopic (exact) mass is 332 g/mol. The molecule has 2 rings (SSSR count). The molecule has 21 heavy (non-hydrogen) atoms. The van der Waals surface area contributed by atoms with Gasteiger partial charge in [0.2, 0.25) is 5.91 Å². The van der Waals surface area contributed by atoms with Crippen molar-refractivity contribution in [3.8, 4) is 0 Å². The van der Waals surface area contributed by atoms with Gasteiger partial charge in [-0.3, -0.25) is 4.79 Å². The highest BCUT2D eigenvalue weighted by atomic mass is 35.5. The molecule has 0 atom stereocenters. The highest BCUT2D eigenvalue weighted by Gasteiger charge is 2.02. The molecule has 0 radical (unpaired) electrons. The van der Waals surface area contributed by atoms with E-state index in [1.54, 1.807) is 0 Å². The van der Waals surface area contributed by atoms with Crippen molar-refractivity contribution in [3.05, 3.63) is 30.6 Å². The molecule has 1 aromatic carbocycles. The average molecular weight is 333 g/mol. The Morgan fingerprint density at radius 2 is 2.00 bits per heavy atom.